The molecule has 2 N–H and O–H groups in total. The molecule has 0 saturated heterocycles. The molecule has 1 aliphatic carbocycles. The zero-order valence-corrected chi connectivity index (χ0v) is 11.5. The van der Waals surface area contributed by atoms with E-state index in [0.29, 0.717) is 0 Å². The summed E-state index contributed by atoms with van der Waals surface area (Å²) in [5.74, 6) is -1.04. The van der Waals surface area contributed by atoms with Crippen LogP contribution in [0.25, 0.3) is 0 Å². The molecule has 1 aromatic carbocycles. The molecule has 0 bridgehead atoms. The second-order valence-electron chi connectivity index (χ2n) is 5.84. The van der Waals surface area contributed by atoms with E-state index < -0.39 is 22.3 Å². The zero-order valence-electron chi connectivity index (χ0n) is 11.5. The normalized spacial score (nSPS) is 20.6. The summed E-state index contributed by atoms with van der Waals surface area (Å²) in [5.41, 5.74) is -0.503. The van der Waals surface area contributed by atoms with E-state index in [2.05, 4.69) is 19.2 Å². The van der Waals surface area contributed by atoms with E-state index in [9.17, 15) is 20.0 Å². The number of hydrogen-bond donors (Lipinski definition) is 2. The summed E-state index contributed by atoms with van der Waals surface area (Å²) in [6.07, 6.45) is 2.95. The van der Waals surface area contributed by atoms with Gasteiger partial charge in [-0.25, -0.2) is 0 Å². The SMILES string of the molecule is CC1(C)CCCC1NC(=O)c1cccc([N+](=O)[O-])c1O. The first-order valence-corrected chi connectivity index (χ1v) is 6.60. The van der Waals surface area contributed by atoms with Gasteiger partial charge < -0.3 is 10.4 Å². The molecule has 1 atom stereocenters. The molecule has 1 aliphatic rings. The molecule has 20 heavy (non-hydrogen) atoms. The molecule has 2 rings (SSSR count). The Balaban J connectivity index is 2.22. The van der Waals surface area contributed by atoms with E-state index in [-0.39, 0.29) is 17.0 Å². The van der Waals surface area contributed by atoms with Crippen molar-refractivity contribution >= 4 is 11.6 Å². The number of amides is 1. The van der Waals surface area contributed by atoms with Crippen LogP contribution in [0.3, 0.4) is 0 Å². The Hall–Kier alpha value is -2.11. The zero-order chi connectivity index (χ0) is 14.9. The maximum atomic E-state index is 12.2. The Kier molecular flexibility index (Phi) is 3.65. The molecule has 0 radical (unpaired) electrons. The van der Waals surface area contributed by atoms with Gasteiger partial charge in [0.15, 0.2) is 0 Å². The Morgan fingerprint density at radius 2 is 2.20 bits per heavy atom. The lowest BCUT2D eigenvalue weighted by Gasteiger charge is -2.27. The first-order valence-electron chi connectivity index (χ1n) is 6.60. The van der Waals surface area contributed by atoms with E-state index in [1.807, 2.05) is 0 Å². The van der Waals surface area contributed by atoms with Crippen molar-refractivity contribution in [1.82, 2.24) is 5.32 Å². The highest BCUT2D eigenvalue weighted by molar-refractivity contribution is 5.98. The molecular formula is C14H18N2O4. The third kappa shape index (κ3) is 2.59. The minimum absolute atomic E-state index is 0.00595. The molecular weight excluding hydrogens is 260 g/mol. The molecule has 0 spiro atoms. The van der Waals surface area contributed by atoms with Gasteiger partial charge in [-0.15, -0.1) is 0 Å². The van der Waals surface area contributed by atoms with Crippen molar-refractivity contribution in [1.29, 1.82) is 0 Å². The van der Waals surface area contributed by atoms with Gasteiger partial charge in [-0.05, 0) is 24.3 Å². The van der Waals surface area contributed by atoms with Crippen molar-refractivity contribution < 1.29 is 14.8 Å². The predicted molar refractivity (Wildman–Crippen MR) is 73.6 cm³/mol. The van der Waals surface area contributed by atoms with Gasteiger partial charge in [0.05, 0.1) is 10.5 Å². The molecule has 1 unspecified atom stereocenters. The number of phenolic OH excluding ortho intramolecular Hbond substituents is 1. The average Bonchev–Trinajstić information content (AvgIpc) is 2.68. The molecule has 1 fully saturated rings. The third-order valence-corrected chi connectivity index (χ3v) is 4.02. The second-order valence-corrected chi connectivity index (χ2v) is 5.84. The highest BCUT2D eigenvalue weighted by Crippen LogP contribution is 2.37. The molecule has 0 heterocycles. The molecule has 6 nitrogen and oxygen atoms in total. The fourth-order valence-corrected chi connectivity index (χ4v) is 2.69. The van der Waals surface area contributed by atoms with Crippen LogP contribution >= 0.6 is 0 Å². The van der Waals surface area contributed by atoms with E-state index in [0.717, 1.165) is 19.3 Å². The van der Waals surface area contributed by atoms with E-state index in [1.54, 1.807) is 0 Å². The largest absolute Gasteiger partial charge is 0.502 e. The molecule has 0 aromatic heterocycles. The van der Waals surface area contributed by atoms with Crippen LogP contribution in [0.15, 0.2) is 18.2 Å². The number of nitro groups is 1. The summed E-state index contributed by atoms with van der Waals surface area (Å²) in [7, 11) is 0. The number of para-hydroxylation sites is 1. The monoisotopic (exact) mass is 278 g/mol. The fourth-order valence-electron chi connectivity index (χ4n) is 2.69. The van der Waals surface area contributed by atoms with Crippen molar-refractivity contribution in [2.75, 3.05) is 0 Å². The predicted octanol–water partition coefficient (Wildman–Crippen LogP) is 2.61. The van der Waals surface area contributed by atoms with Gasteiger partial charge in [-0.2, -0.15) is 0 Å². The summed E-state index contributed by atoms with van der Waals surface area (Å²) < 4.78 is 0. The van der Waals surface area contributed by atoms with Crippen molar-refractivity contribution in [3.63, 3.8) is 0 Å². The van der Waals surface area contributed by atoms with Gasteiger partial charge >= 0.3 is 5.69 Å². The molecule has 6 heteroatoms. The number of hydrogen-bond acceptors (Lipinski definition) is 4. The van der Waals surface area contributed by atoms with Crippen LogP contribution in [0, 0.1) is 15.5 Å². The standard InChI is InChI=1S/C14H18N2O4/c1-14(2)8-4-7-11(14)15-13(18)9-5-3-6-10(12(9)17)16(19)20/h3,5-6,11,17H,4,7-8H2,1-2H3,(H,15,18). The highest BCUT2D eigenvalue weighted by Gasteiger charge is 2.36. The maximum Gasteiger partial charge on any atom is 0.311 e. The number of carbonyl (C=O) groups is 1. The molecule has 1 saturated carbocycles. The highest BCUT2D eigenvalue weighted by atomic mass is 16.6. The van der Waals surface area contributed by atoms with Gasteiger partial charge in [0, 0.05) is 12.1 Å². The summed E-state index contributed by atoms with van der Waals surface area (Å²) in [6, 6.07) is 3.98. The van der Waals surface area contributed by atoms with Crippen LogP contribution in [0.5, 0.6) is 5.75 Å². The summed E-state index contributed by atoms with van der Waals surface area (Å²) in [5, 5.41) is 23.5. The van der Waals surface area contributed by atoms with E-state index >= 15 is 0 Å². The number of benzene rings is 1. The van der Waals surface area contributed by atoms with Crippen LogP contribution in [-0.2, 0) is 0 Å². The summed E-state index contributed by atoms with van der Waals surface area (Å²) in [4.78, 5) is 22.2. The lowest BCUT2D eigenvalue weighted by Crippen LogP contribution is -2.41. The second kappa shape index (κ2) is 5.11. The first-order chi connectivity index (χ1) is 9.33. The van der Waals surface area contributed by atoms with Crippen LogP contribution in [0.2, 0.25) is 0 Å². The van der Waals surface area contributed by atoms with Crippen LogP contribution in [-0.4, -0.2) is 22.0 Å². The number of aromatic hydroxyl groups is 1. The molecule has 1 aromatic rings. The number of nitrogens with zero attached hydrogens (tertiary/aromatic N) is 1. The average molecular weight is 278 g/mol. The minimum atomic E-state index is -0.703. The van der Waals surface area contributed by atoms with Gasteiger partial charge in [0.25, 0.3) is 5.91 Å². The molecule has 0 aliphatic heterocycles. The van der Waals surface area contributed by atoms with Gasteiger partial charge in [-0.1, -0.05) is 26.3 Å². The Bertz CT molecular complexity index is 554. The van der Waals surface area contributed by atoms with Crippen LogP contribution < -0.4 is 5.32 Å². The summed E-state index contributed by atoms with van der Waals surface area (Å²) >= 11 is 0. The number of rotatable bonds is 3. The van der Waals surface area contributed by atoms with Crippen molar-refractivity contribution in [3.8, 4) is 5.75 Å². The molecule has 108 valence electrons. The number of nitro benzene ring substituents is 1. The molecule has 1 amide bonds. The lowest BCUT2D eigenvalue weighted by atomic mass is 9.87. The topological polar surface area (TPSA) is 92.5 Å². The Morgan fingerprint density at radius 3 is 2.75 bits per heavy atom. The van der Waals surface area contributed by atoms with Gasteiger partial charge in [-0.3, -0.25) is 14.9 Å². The minimum Gasteiger partial charge on any atom is -0.502 e. The van der Waals surface area contributed by atoms with E-state index in [1.165, 1.54) is 18.2 Å². The summed E-state index contributed by atoms with van der Waals surface area (Å²) in [6.45, 7) is 4.16. The first kappa shape index (κ1) is 14.3. The third-order valence-electron chi connectivity index (χ3n) is 4.02. The lowest BCUT2D eigenvalue weighted by molar-refractivity contribution is -0.385. The smallest absolute Gasteiger partial charge is 0.311 e. The van der Waals surface area contributed by atoms with Crippen molar-refractivity contribution in [2.45, 2.75) is 39.2 Å². The quantitative estimate of drug-likeness (QED) is 0.656. The number of carbonyl (C=O) groups excluding carboxylic acids is 1. The van der Waals surface area contributed by atoms with E-state index in [4.69, 9.17) is 0 Å². The van der Waals surface area contributed by atoms with Crippen LogP contribution in [0.4, 0.5) is 5.69 Å². The maximum absolute atomic E-state index is 12.2. The Labute approximate surface area is 117 Å². The number of phenols is 1. The van der Waals surface area contributed by atoms with Gasteiger partial charge in [0.2, 0.25) is 5.75 Å². The van der Waals surface area contributed by atoms with Crippen molar-refractivity contribution in [3.05, 3.63) is 33.9 Å². The van der Waals surface area contributed by atoms with Crippen molar-refractivity contribution in [2.24, 2.45) is 5.41 Å². The van der Waals surface area contributed by atoms with Gasteiger partial charge in [0.1, 0.15) is 0 Å². The van der Waals surface area contributed by atoms with Crippen LogP contribution in [0.1, 0.15) is 43.5 Å². The fraction of sp³-hybridized carbons (Fsp3) is 0.500. The Morgan fingerprint density at radius 1 is 1.50 bits per heavy atom. The number of nitrogens with one attached hydrogen (secondary N) is 1.